The zero-order valence-electron chi connectivity index (χ0n) is 9.60. The van der Waals surface area contributed by atoms with Crippen LogP contribution in [-0.4, -0.2) is 30.9 Å². The van der Waals surface area contributed by atoms with Crippen molar-refractivity contribution in [2.45, 2.75) is 6.04 Å². The van der Waals surface area contributed by atoms with Gasteiger partial charge in [0.2, 0.25) is 11.8 Å². The second-order valence-corrected chi connectivity index (χ2v) is 3.97. The van der Waals surface area contributed by atoms with Gasteiger partial charge in [0.25, 0.3) is 0 Å². The van der Waals surface area contributed by atoms with Crippen LogP contribution < -0.4 is 16.0 Å². The first kappa shape index (κ1) is 13.3. The number of halogens is 3. The lowest BCUT2D eigenvalue weighted by Gasteiger charge is -2.23. The van der Waals surface area contributed by atoms with E-state index in [0.29, 0.717) is 12.1 Å². The van der Waals surface area contributed by atoms with Crippen molar-refractivity contribution in [1.82, 2.24) is 10.6 Å². The molecule has 3 N–H and O–H groups in total. The predicted molar refractivity (Wildman–Crippen MR) is 59.7 cm³/mol. The molecule has 2 amide bonds. The van der Waals surface area contributed by atoms with Crippen molar-refractivity contribution < 1.29 is 22.8 Å². The molecule has 1 aromatic rings. The molecule has 1 saturated heterocycles. The van der Waals surface area contributed by atoms with E-state index in [0.717, 1.165) is 0 Å². The van der Waals surface area contributed by atoms with Crippen molar-refractivity contribution in [3.8, 4) is 0 Å². The Balaban J connectivity index is 2.09. The molecule has 5 nitrogen and oxygen atoms in total. The topological polar surface area (TPSA) is 70.2 Å². The fourth-order valence-corrected chi connectivity index (χ4v) is 1.62. The number of carbonyl (C=O) groups is 2. The van der Waals surface area contributed by atoms with E-state index in [1.54, 1.807) is 0 Å². The number of carbonyl (C=O) groups excluding carboxylic acids is 2. The average Bonchev–Trinajstić information content (AvgIpc) is 2.34. The number of amides is 2. The summed E-state index contributed by atoms with van der Waals surface area (Å²) in [6.07, 6.45) is 0. The van der Waals surface area contributed by atoms with E-state index >= 15 is 0 Å². The molecule has 1 aliphatic rings. The molecule has 0 spiro atoms. The lowest BCUT2D eigenvalue weighted by molar-refractivity contribution is -0.124. The lowest BCUT2D eigenvalue weighted by atomic mass is 10.2. The van der Waals surface area contributed by atoms with Gasteiger partial charge in [0.15, 0.2) is 11.6 Å². The number of benzene rings is 1. The molecule has 102 valence electrons. The summed E-state index contributed by atoms with van der Waals surface area (Å²) in [7, 11) is 0. The van der Waals surface area contributed by atoms with Crippen LogP contribution in [0.3, 0.4) is 0 Å². The Kier molecular flexibility index (Phi) is 3.70. The van der Waals surface area contributed by atoms with Gasteiger partial charge in [-0.05, 0) is 0 Å². The van der Waals surface area contributed by atoms with E-state index in [2.05, 4.69) is 10.6 Å². The van der Waals surface area contributed by atoms with E-state index < -0.39 is 35.1 Å². The normalized spacial score (nSPS) is 18.9. The Morgan fingerprint density at radius 3 is 2.42 bits per heavy atom. The molecule has 1 atom stereocenters. The summed E-state index contributed by atoms with van der Waals surface area (Å²) in [6, 6.07) is 0.130. The van der Waals surface area contributed by atoms with Crippen molar-refractivity contribution in [3.05, 3.63) is 29.6 Å². The number of rotatable bonds is 2. The predicted octanol–water partition coefficient (Wildman–Crippen LogP) is 0.130. The first-order valence-electron chi connectivity index (χ1n) is 5.43. The molecule has 0 radical (unpaired) electrons. The molecule has 8 heteroatoms. The van der Waals surface area contributed by atoms with E-state index in [9.17, 15) is 22.8 Å². The van der Waals surface area contributed by atoms with Crippen LogP contribution in [0.5, 0.6) is 0 Å². The Morgan fingerprint density at radius 2 is 1.89 bits per heavy atom. The highest BCUT2D eigenvalue weighted by molar-refractivity contribution is 5.96. The molecule has 19 heavy (non-hydrogen) atoms. The molecular formula is C11H10F3N3O2. The van der Waals surface area contributed by atoms with Crippen LogP contribution in [-0.2, 0) is 9.59 Å². The fourth-order valence-electron chi connectivity index (χ4n) is 1.62. The summed E-state index contributed by atoms with van der Waals surface area (Å²) in [5.74, 6) is -4.47. The van der Waals surface area contributed by atoms with Crippen LogP contribution in [0.2, 0.25) is 0 Å². The second-order valence-electron chi connectivity index (χ2n) is 3.97. The highest BCUT2D eigenvalue weighted by Crippen LogP contribution is 2.20. The minimum absolute atomic E-state index is 0.00903. The summed E-state index contributed by atoms with van der Waals surface area (Å²) in [5.41, 5.74) is -0.718. The molecule has 2 rings (SSSR count). The van der Waals surface area contributed by atoms with Crippen LogP contribution >= 0.6 is 0 Å². The minimum atomic E-state index is -1.20. The Bertz CT molecular complexity index is 503. The smallest absolute Gasteiger partial charge is 0.243 e. The minimum Gasteiger partial charge on any atom is -0.353 e. The van der Waals surface area contributed by atoms with Gasteiger partial charge in [-0.25, -0.2) is 13.2 Å². The van der Waals surface area contributed by atoms with Crippen LogP contribution in [0.25, 0.3) is 0 Å². The molecule has 1 aliphatic heterocycles. The van der Waals surface area contributed by atoms with E-state index in [1.807, 2.05) is 5.32 Å². The molecule has 1 heterocycles. The van der Waals surface area contributed by atoms with Crippen LogP contribution in [0.15, 0.2) is 12.1 Å². The van der Waals surface area contributed by atoms with Gasteiger partial charge in [0.05, 0.1) is 6.54 Å². The SMILES string of the molecule is O=C1CNC(C(=O)Nc2c(F)cc(F)cc2F)CN1. The molecular weight excluding hydrogens is 263 g/mol. The van der Waals surface area contributed by atoms with Gasteiger partial charge in [-0.1, -0.05) is 0 Å². The van der Waals surface area contributed by atoms with Crippen molar-refractivity contribution >= 4 is 17.5 Å². The van der Waals surface area contributed by atoms with Crippen molar-refractivity contribution in [3.63, 3.8) is 0 Å². The van der Waals surface area contributed by atoms with Gasteiger partial charge < -0.3 is 10.6 Å². The summed E-state index contributed by atoms with van der Waals surface area (Å²) in [4.78, 5) is 22.6. The van der Waals surface area contributed by atoms with Gasteiger partial charge >= 0.3 is 0 Å². The lowest BCUT2D eigenvalue weighted by Crippen LogP contribution is -2.56. The highest BCUT2D eigenvalue weighted by atomic mass is 19.1. The van der Waals surface area contributed by atoms with Gasteiger partial charge in [0.1, 0.15) is 17.5 Å². The second kappa shape index (κ2) is 5.27. The van der Waals surface area contributed by atoms with Crippen molar-refractivity contribution in [2.24, 2.45) is 0 Å². The van der Waals surface area contributed by atoms with Crippen molar-refractivity contribution in [2.75, 3.05) is 18.4 Å². The first-order valence-corrected chi connectivity index (χ1v) is 5.43. The van der Waals surface area contributed by atoms with Gasteiger partial charge in [-0.3, -0.25) is 14.9 Å². The monoisotopic (exact) mass is 273 g/mol. The molecule has 1 aromatic carbocycles. The van der Waals surface area contributed by atoms with Crippen LogP contribution in [0, 0.1) is 17.5 Å². The van der Waals surface area contributed by atoms with Gasteiger partial charge in [-0.15, -0.1) is 0 Å². The third-order valence-electron chi connectivity index (χ3n) is 2.58. The summed E-state index contributed by atoms with van der Waals surface area (Å²) in [6.45, 7) is -0.0540. The maximum atomic E-state index is 13.3. The third-order valence-corrected chi connectivity index (χ3v) is 2.58. The van der Waals surface area contributed by atoms with Gasteiger partial charge in [-0.2, -0.15) is 0 Å². The van der Waals surface area contributed by atoms with Crippen LogP contribution in [0.1, 0.15) is 0 Å². The largest absolute Gasteiger partial charge is 0.353 e. The molecule has 0 aromatic heterocycles. The van der Waals surface area contributed by atoms with E-state index in [4.69, 9.17) is 0 Å². The summed E-state index contributed by atoms with van der Waals surface area (Å²) < 4.78 is 39.3. The zero-order valence-corrected chi connectivity index (χ0v) is 9.60. The quantitative estimate of drug-likeness (QED) is 0.717. The average molecular weight is 273 g/mol. The number of piperazine rings is 1. The molecule has 1 unspecified atom stereocenters. The van der Waals surface area contributed by atoms with E-state index in [-0.39, 0.29) is 19.0 Å². The number of nitrogens with one attached hydrogen (secondary N) is 3. The Morgan fingerprint density at radius 1 is 1.26 bits per heavy atom. The highest BCUT2D eigenvalue weighted by Gasteiger charge is 2.25. The van der Waals surface area contributed by atoms with Crippen molar-refractivity contribution in [1.29, 1.82) is 0 Å². The zero-order chi connectivity index (χ0) is 14.0. The Hall–Kier alpha value is -2.09. The number of anilines is 1. The molecule has 0 aliphatic carbocycles. The number of hydrogen-bond donors (Lipinski definition) is 3. The maximum Gasteiger partial charge on any atom is 0.243 e. The number of hydrogen-bond acceptors (Lipinski definition) is 3. The fraction of sp³-hybridized carbons (Fsp3) is 0.273. The standard InChI is InChI=1S/C11H10F3N3O2/c12-5-1-6(13)10(7(14)2-5)17-11(19)8-3-16-9(18)4-15-8/h1-2,8,15H,3-4H2,(H,16,18)(H,17,19). The molecule has 0 saturated carbocycles. The molecule has 1 fully saturated rings. The van der Waals surface area contributed by atoms with Crippen LogP contribution in [0.4, 0.5) is 18.9 Å². The Labute approximate surface area is 106 Å². The first-order chi connectivity index (χ1) is 8.97. The summed E-state index contributed by atoms with van der Waals surface area (Å²) in [5, 5.41) is 7.04. The van der Waals surface area contributed by atoms with E-state index in [1.165, 1.54) is 0 Å². The molecule has 0 bridgehead atoms. The maximum absolute atomic E-state index is 13.3. The summed E-state index contributed by atoms with van der Waals surface area (Å²) >= 11 is 0. The van der Waals surface area contributed by atoms with Gasteiger partial charge in [0, 0.05) is 18.7 Å². The third kappa shape index (κ3) is 3.02.